The van der Waals surface area contributed by atoms with Gasteiger partial charge in [0.25, 0.3) is 0 Å². The van der Waals surface area contributed by atoms with Crippen LogP contribution in [0.5, 0.6) is 0 Å². The smallest absolute Gasteiger partial charge is 0.242 e. The van der Waals surface area contributed by atoms with E-state index in [1.165, 1.54) is 10.6 Å². The topological polar surface area (TPSA) is 105 Å². The SMILES string of the molecule is CC(C)C[C@H]1NC(=O)C2(C/C=C/C[C@H]3COCC[C@H]3NC1=O)CCN(S(C)(=O)=O)CC2. The van der Waals surface area contributed by atoms with E-state index in [0.29, 0.717) is 52.0 Å². The molecule has 8 nitrogen and oxygen atoms in total. The standard InChI is InChI=1S/C22H37N3O5S/c1-16(2)14-19-20(26)23-18-7-13-30-15-17(18)6-4-5-8-22(21(27)24-19)9-11-25(12-10-22)31(3,28)29/h4-5,16-19H,6-15H2,1-3H3,(H,23,26)(H,24,27)/b5-4+/t17-,18+,19+/m0/s1. The number of carbonyl (C=O) groups is 2. The van der Waals surface area contributed by atoms with Crippen molar-refractivity contribution in [3.8, 4) is 0 Å². The van der Waals surface area contributed by atoms with Crippen molar-refractivity contribution in [3.05, 3.63) is 12.2 Å². The second-order valence-electron chi connectivity index (χ2n) is 9.75. The number of fused-ring (bicyclic) bond motifs is 1. The number of carbonyl (C=O) groups excluding carboxylic acids is 2. The number of rotatable bonds is 3. The van der Waals surface area contributed by atoms with Gasteiger partial charge in [0.2, 0.25) is 21.8 Å². The molecule has 3 atom stereocenters. The Balaban J connectivity index is 1.85. The van der Waals surface area contributed by atoms with Crippen LogP contribution in [0.3, 0.4) is 0 Å². The van der Waals surface area contributed by atoms with Gasteiger partial charge < -0.3 is 15.4 Å². The van der Waals surface area contributed by atoms with Crippen LogP contribution in [0.2, 0.25) is 0 Å². The lowest BCUT2D eigenvalue weighted by Gasteiger charge is -2.40. The normalized spacial score (nSPS) is 31.8. The van der Waals surface area contributed by atoms with E-state index in [1.807, 2.05) is 13.8 Å². The largest absolute Gasteiger partial charge is 0.381 e. The van der Waals surface area contributed by atoms with E-state index in [1.54, 1.807) is 0 Å². The summed E-state index contributed by atoms with van der Waals surface area (Å²) in [5, 5.41) is 6.22. The minimum Gasteiger partial charge on any atom is -0.381 e. The summed E-state index contributed by atoms with van der Waals surface area (Å²) in [6.07, 6.45) is 8.91. The van der Waals surface area contributed by atoms with Gasteiger partial charge in [-0.2, -0.15) is 0 Å². The van der Waals surface area contributed by atoms with Gasteiger partial charge in [0, 0.05) is 31.7 Å². The molecule has 0 unspecified atom stereocenters. The first-order valence-corrected chi connectivity index (χ1v) is 13.2. The van der Waals surface area contributed by atoms with Gasteiger partial charge in [0.15, 0.2) is 0 Å². The van der Waals surface area contributed by atoms with E-state index >= 15 is 0 Å². The molecule has 0 radical (unpaired) electrons. The maximum atomic E-state index is 13.5. The van der Waals surface area contributed by atoms with E-state index in [4.69, 9.17) is 4.74 Å². The van der Waals surface area contributed by atoms with Crippen molar-refractivity contribution < 1.29 is 22.7 Å². The molecule has 2 fully saturated rings. The highest BCUT2D eigenvalue weighted by atomic mass is 32.2. The van der Waals surface area contributed by atoms with Gasteiger partial charge in [-0.15, -0.1) is 0 Å². The number of allylic oxidation sites excluding steroid dienone is 2. The molecular formula is C22H37N3O5S. The Hall–Kier alpha value is -1.45. The van der Waals surface area contributed by atoms with E-state index in [9.17, 15) is 18.0 Å². The molecule has 0 aromatic carbocycles. The lowest BCUT2D eigenvalue weighted by Crippen LogP contribution is -2.57. The summed E-state index contributed by atoms with van der Waals surface area (Å²) in [6, 6.07) is -0.548. The Kier molecular flexibility index (Phi) is 7.81. The number of nitrogens with zero attached hydrogens (tertiary/aromatic N) is 1. The summed E-state index contributed by atoms with van der Waals surface area (Å²) in [6.45, 7) is 5.96. The van der Waals surface area contributed by atoms with Crippen LogP contribution in [0.25, 0.3) is 0 Å². The molecule has 0 aliphatic carbocycles. The number of ether oxygens (including phenoxy) is 1. The van der Waals surface area contributed by atoms with Crippen LogP contribution in [0, 0.1) is 17.3 Å². The molecule has 2 saturated heterocycles. The Morgan fingerprint density at radius 1 is 1.19 bits per heavy atom. The Labute approximate surface area is 186 Å². The molecule has 9 heteroatoms. The minimum absolute atomic E-state index is 0.0452. The number of sulfonamides is 1. The van der Waals surface area contributed by atoms with Crippen LogP contribution < -0.4 is 10.6 Å². The number of hydrogen-bond donors (Lipinski definition) is 2. The number of piperidine rings is 1. The zero-order valence-corrected chi connectivity index (χ0v) is 19.7. The molecule has 0 aromatic rings. The summed E-state index contributed by atoms with van der Waals surface area (Å²) < 4.78 is 31.0. The van der Waals surface area contributed by atoms with Crippen LogP contribution in [-0.4, -0.2) is 69.2 Å². The summed E-state index contributed by atoms with van der Waals surface area (Å²) in [5.74, 6) is 0.187. The van der Waals surface area contributed by atoms with E-state index in [2.05, 4.69) is 22.8 Å². The molecule has 3 aliphatic heterocycles. The van der Waals surface area contributed by atoms with Gasteiger partial charge >= 0.3 is 0 Å². The first kappa shape index (κ1) is 24.2. The van der Waals surface area contributed by atoms with Crippen LogP contribution in [-0.2, 0) is 24.3 Å². The highest BCUT2D eigenvalue weighted by Gasteiger charge is 2.43. The molecule has 3 rings (SSSR count). The zero-order valence-electron chi connectivity index (χ0n) is 18.9. The maximum Gasteiger partial charge on any atom is 0.242 e. The summed E-state index contributed by atoms with van der Waals surface area (Å²) in [4.78, 5) is 26.6. The maximum absolute atomic E-state index is 13.5. The molecule has 176 valence electrons. The number of nitrogens with one attached hydrogen (secondary N) is 2. The molecule has 3 aliphatic rings. The summed E-state index contributed by atoms with van der Waals surface area (Å²) >= 11 is 0. The van der Waals surface area contributed by atoms with E-state index in [-0.39, 0.29) is 29.7 Å². The second kappa shape index (κ2) is 10.0. The molecule has 0 aromatic heterocycles. The van der Waals surface area contributed by atoms with Gasteiger partial charge in [0.1, 0.15) is 6.04 Å². The first-order chi connectivity index (χ1) is 14.6. The van der Waals surface area contributed by atoms with Crippen LogP contribution in [0.1, 0.15) is 52.4 Å². The van der Waals surface area contributed by atoms with Gasteiger partial charge in [-0.3, -0.25) is 9.59 Å². The monoisotopic (exact) mass is 455 g/mol. The lowest BCUT2D eigenvalue weighted by molar-refractivity contribution is -0.138. The van der Waals surface area contributed by atoms with E-state index < -0.39 is 21.5 Å². The van der Waals surface area contributed by atoms with Crippen molar-refractivity contribution in [2.75, 3.05) is 32.6 Å². The summed E-state index contributed by atoms with van der Waals surface area (Å²) in [5.41, 5.74) is -0.700. The Bertz CT molecular complexity index is 787. The highest BCUT2D eigenvalue weighted by Crippen LogP contribution is 2.37. The minimum atomic E-state index is -3.28. The first-order valence-electron chi connectivity index (χ1n) is 11.4. The predicted octanol–water partition coefficient (Wildman–Crippen LogP) is 1.43. The van der Waals surface area contributed by atoms with Crippen molar-refractivity contribution in [1.82, 2.24) is 14.9 Å². The molecule has 3 heterocycles. The van der Waals surface area contributed by atoms with E-state index in [0.717, 1.165) is 12.8 Å². The van der Waals surface area contributed by atoms with Gasteiger partial charge in [-0.25, -0.2) is 12.7 Å². The average Bonchev–Trinajstić information content (AvgIpc) is 2.70. The van der Waals surface area contributed by atoms with Crippen molar-refractivity contribution >= 4 is 21.8 Å². The third-order valence-corrected chi connectivity index (χ3v) is 8.18. The molecule has 2 amide bonds. The highest BCUT2D eigenvalue weighted by molar-refractivity contribution is 7.88. The van der Waals surface area contributed by atoms with Crippen LogP contribution >= 0.6 is 0 Å². The molecule has 1 spiro atoms. The average molecular weight is 456 g/mol. The van der Waals surface area contributed by atoms with Crippen molar-refractivity contribution in [2.24, 2.45) is 17.3 Å². The van der Waals surface area contributed by atoms with Crippen molar-refractivity contribution in [1.29, 1.82) is 0 Å². The van der Waals surface area contributed by atoms with Crippen LogP contribution in [0.15, 0.2) is 12.2 Å². The number of hydrogen-bond acceptors (Lipinski definition) is 5. The Morgan fingerprint density at radius 3 is 2.55 bits per heavy atom. The fourth-order valence-electron chi connectivity index (χ4n) is 4.87. The molecule has 0 bridgehead atoms. The van der Waals surface area contributed by atoms with Gasteiger partial charge in [0.05, 0.1) is 18.3 Å². The third-order valence-electron chi connectivity index (χ3n) is 6.88. The molecule has 0 saturated carbocycles. The molecular weight excluding hydrogens is 418 g/mol. The fraction of sp³-hybridized carbons (Fsp3) is 0.818. The fourth-order valence-corrected chi connectivity index (χ4v) is 5.71. The quantitative estimate of drug-likeness (QED) is 0.627. The van der Waals surface area contributed by atoms with Crippen molar-refractivity contribution in [2.45, 2.75) is 64.5 Å². The van der Waals surface area contributed by atoms with Crippen LogP contribution in [0.4, 0.5) is 0 Å². The van der Waals surface area contributed by atoms with Gasteiger partial charge in [-0.1, -0.05) is 26.0 Å². The second-order valence-corrected chi connectivity index (χ2v) is 11.7. The Morgan fingerprint density at radius 2 is 1.90 bits per heavy atom. The van der Waals surface area contributed by atoms with Gasteiger partial charge in [-0.05, 0) is 44.4 Å². The number of amides is 2. The molecule has 31 heavy (non-hydrogen) atoms. The summed E-state index contributed by atoms with van der Waals surface area (Å²) in [7, 11) is -3.28. The predicted molar refractivity (Wildman–Crippen MR) is 119 cm³/mol. The lowest BCUT2D eigenvalue weighted by atomic mass is 9.74. The zero-order chi connectivity index (χ0) is 22.6. The molecule has 2 N–H and O–H groups in total. The van der Waals surface area contributed by atoms with Crippen molar-refractivity contribution in [3.63, 3.8) is 0 Å². The third kappa shape index (κ3) is 6.08.